The maximum absolute atomic E-state index is 9.21. The van der Waals surface area contributed by atoms with E-state index in [0.717, 1.165) is 30.8 Å². The van der Waals surface area contributed by atoms with Gasteiger partial charge in [-0.2, -0.15) is 0 Å². The predicted octanol–water partition coefficient (Wildman–Crippen LogP) is 4.97. The van der Waals surface area contributed by atoms with E-state index in [9.17, 15) is 5.11 Å². The van der Waals surface area contributed by atoms with Crippen LogP contribution in [0.3, 0.4) is 0 Å². The van der Waals surface area contributed by atoms with Crippen molar-refractivity contribution >= 4 is 0 Å². The fraction of sp³-hybridized carbons (Fsp3) is 0.400. The fourth-order valence-corrected chi connectivity index (χ4v) is 1.87. The molecule has 0 amide bonds. The lowest BCUT2D eigenvalue weighted by Gasteiger charge is -2.19. The summed E-state index contributed by atoms with van der Waals surface area (Å²) in [5.74, 6) is 0.976. The van der Waals surface area contributed by atoms with E-state index in [1.165, 1.54) is 6.07 Å². The Morgan fingerprint density at radius 2 is 1.50 bits per heavy atom. The molecule has 132 valence electrons. The molecular formula is C20H28O4. The Balaban J connectivity index is 0.000000240. The molecular weight excluding hydrogens is 304 g/mol. The van der Waals surface area contributed by atoms with Gasteiger partial charge >= 0.3 is 0 Å². The molecule has 0 unspecified atom stereocenters. The zero-order chi connectivity index (χ0) is 18.2. The summed E-state index contributed by atoms with van der Waals surface area (Å²) in [6.45, 7) is 9.04. The van der Waals surface area contributed by atoms with Crippen LogP contribution in [0.4, 0.5) is 0 Å². The van der Waals surface area contributed by atoms with Crippen LogP contribution in [0.1, 0.15) is 46.1 Å². The third-order valence-corrected chi connectivity index (χ3v) is 3.44. The first-order valence-electron chi connectivity index (χ1n) is 8.18. The van der Waals surface area contributed by atoms with E-state index in [1.54, 1.807) is 30.3 Å². The Kier molecular flexibility index (Phi) is 7.43. The van der Waals surface area contributed by atoms with Crippen molar-refractivity contribution in [2.45, 2.75) is 46.0 Å². The average Bonchev–Trinajstić information content (AvgIpc) is 2.52. The largest absolute Gasteiger partial charge is 0.508 e. The number of hydrogen-bond donors (Lipinski definition) is 3. The number of benzene rings is 2. The Morgan fingerprint density at radius 1 is 0.875 bits per heavy atom. The summed E-state index contributed by atoms with van der Waals surface area (Å²) in [5.41, 5.74) is 1.02. The van der Waals surface area contributed by atoms with Gasteiger partial charge in [0.05, 0.1) is 6.61 Å². The summed E-state index contributed by atoms with van der Waals surface area (Å²) in [4.78, 5) is 0. The molecule has 0 aliphatic carbocycles. The highest BCUT2D eigenvalue weighted by Gasteiger charge is 2.14. The summed E-state index contributed by atoms with van der Waals surface area (Å²) in [6, 6.07) is 11.7. The van der Waals surface area contributed by atoms with Gasteiger partial charge in [-0.3, -0.25) is 0 Å². The van der Waals surface area contributed by atoms with Gasteiger partial charge in [-0.1, -0.05) is 40.2 Å². The number of rotatable bonds is 4. The molecule has 0 radical (unpaired) electrons. The second-order valence-electron chi connectivity index (χ2n) is 6.65. The number of unbranched alkanes of at least 4 members (excludes halogenated alkanes) is 1. The first-order valence-corrected chi connectivity index (χ1v) is 8.18. The van der Waals surface area contributed by atoms with Crippen LogP contribution in [0.2, 0.25) is 0 Å². The Bertz CT molecular complexity index is 613. The number of hydrogen-bond acceptors (Lipinski definition) is 4. The molecule has 2 aromatic rings. The van der Waals surface area contributed by atoms with Crippen molar-refractivity contribution in [3.8, 4) is 23.0 Å². The minimum Gasteiger partial charge on any atom is -0.508 e. The van der Waals surface area contributed by atoms with Crippen molar-refractivity contribution in [1.82, 2.24) is 0 Å². The molecule has 0 fully saturated rings. The van der Waals surface area contributed by atoms with Gasteiger partial charge in [0.1, 0.15) is 11.5 Å². The van der Waals surface area contributed by atoms with Crippen molar-refractivity contribution in [2.75, 3.05) is 6.61 Å². The van der Waals surface area contributed by atoms with E-state index in [1.807, 2.05) is 6.07 Å². The first-order chi connectivity index (χ1) is 11.2. The molecule has 2 aromatic carbocycles. The zero-order valence-corrected chi connectivity index (χ0v) is 14.9. The molecule has 0 bridgehead atoms. The predicted molar refractivity (Wildman–Crippen MR) is 97.0 cm³/mol. The van der Waals surface area contributed by atoms with Crippen LogP contribution in [0.15, 0.2) is 42.5 Å². The van der Waals surface area contributed by atoms with Crippen LogP contribution in [0.25, 0.3) is 0 Å². The highest BCUT2D eigenvalue weighted by atomic mass is 16.5. The molecule has 0 aromatic heterocycles. The summed E-state index contributed by atoms with van der Waals surface area (Å²) in [6.07, 6.45) is 2.21. The van der Waals surface area contributed by atoms with Crippen molar-refractivity contribution in [3.05, 3.63) is 48.0 Å². The van der Waals surface area contributed by atoms with E-state index in [4.69, 9.17) is 14.9 Å². The van der Waals surface area contributed by atoms with Crippen molar-refractivity contribution < 1.29 is 20.1 Å². The highest BCUT2D eigenvalue weighted by Crippen LogP contribution is 2.30. The number of phenolic OH excluding ortho intramolecular Hbond substituents is 3. The van der Waals surface area contributed by atoms with Crippen LogP contribution in [-0.2, 0) is 5.41 Å². The lowest BCUT2D eigenvalue weighted by Crippen LogP contribution is -2.10. The second kappa shape index (κ2) is 9.06. The lowest BCUT2D eigenvalue weighted by atomic mass is 9.87. The normalized spacial score (nSPS) is 10.7. The van der Waals surface area contributed by atoms with Gasteiger partial charge in [0, 0.05) is 0 Å². The van der Waals surface area contributed by atoms with Gasteiger partial charge in [-0.25, -0.2) is 0 Å². The molecule has 0 aliphatic rings. The molecule has 3 N–H and O–H groups in total. The zero-order valence-electron chi connectivity index (χ0n) is 14.9. The van der Waals surface area contributed by atoms with Crippen molar-refractivity contribution in [3.63, 3.8) is 0 Å². The number of phenols is 3. The molecule has 0 saturated heterocycles. The Hall–Kier alpha value is -2.36. The topological polar surface area (TPSA) is 69.9 Å². The summed E-state index contributed by atoms with van der Waals surface area (Å²) >= 11 is 0. The quantitative estimate of drug-likeness (QED) is 0.546. The van der Waals surface area contributed by atoms with E-state index < -0.39 is 0 Å². The summed E-state index contributed by atoms with van der Waals surface area (Å²) < 4.78 is 5.39. The summed E-state index contributed by atoms with van der Waals surface area (Å²) in [7, 11) is 0. The first kappa shape index (κ1) is 19.7. The second-order valence-corrected chi connectivity index (χ2v) is 6.65. The van der Waals surface area contributed by atoms with Crippen LogP contribution in [-0.4, -0.2) is 21.9 Å². The molecule has 4 heteroatoms. The van der Waals surface area contributed by atoms with Crippen LogP contribution >= 0.6 is 0 Å². The highest BCUT2D eigenvalue weighted by molar-refractivity contribution is 5.42. The standard InChI is InChI=1S/2C10H14O2/c1-10(2,3)7-4-5-8(11)9(12)6-7;1-2-3-8-12-10-6-4-9(11)5-7-10/h4-6,11-12H,1-3H3;4-7,11H,2-3,8H2,1H3. The fourth-order valence-electron chi connectivity index (χ4n) is 1.87. The van der Waals surface area contributed by atoms with Gasteiger partial charge in [0.25, 0.3) is 0 Å². The van der Waals surface area contributed by atoms with Gasteiger partial charge in [0.2, 0.25) is 0 Å². The molecule has 2 rings (SSSR count). The SMILES string of the molecule is CC(C)(C)c1ccc(O)c(O)c1.CCCCOc1ccc(O)cc1. The molecule has 24 heavy (non-hydrogen) atoms. The van der Waals surface area contributed by atoms with Gasteiger partial charge in [-0.05, 0) is 53.8 Å². The minimum absolute atomic E-state index is 0.00514. The van der Waals surface area contributed by atoms with Crippen LogP contribution in [0.5, 0.6) is 23.0 Å². The van der Waals surface area contributed by atoms with E-state index in [2.05, 4.69) is 27.7 Å². The smallest absolute Gasteiger partial charge is 0.157 e. The molecule has 0 atom stereocenters. The number of ether oxygens (including phenoxy) is 1. The van der Waals surface area contributed by atoms with Crippen molar-refractivity contribution in [1.29, 1.82) is 0 Å². The molecule has 0 saturated carbocycles. The van der Waals surface area contributed by atoms with Gasteiger partial charge in [0.15, 0.2) is 11.5 Å². The average molecular weight is 332 g/mol. The van der Waals surface area contributed by atoms with E-state index in [0.29, 0.717) is 0 Å². The molecule has 0 aliphatic heterocycles. The monoisotopic (exact) mass is 332 g/mol. The maximum Gasteiger partial charge on any atom is 0.157 e. The molecule has 0 heterocycles. The van der Waals surface area contributed by atoms with E-state index in [-0.39, 0.29) is 22.7 Å². The molecule has 4 nitrogen and oxygen atoms in total. The molecule has 0 spiro atoms. The van der Waals surface area contributed by atoms with Gasteiger partial charge in [-0.15, -0.1) is 0 Å². The number of aromatic hydroxyl groups is 3. The maximum atomic E-state index is 9.21. The Labute approximate surface area is 144 Å². The summed E-state index contributed by atoms with van der Waals surface area (Å²) in [5, 5.41) is 27.2. The minimum atomic E-state index is -0.0667. The van der Waals surface area contributed by atoms with E-state index >= 15 is 0 Å². The third kappa shape index (κ3) is 6.82. The Morgan fingerprint density at radius 3 is 2.00 bits per heavy atom. The van der Waals surface area contributed by atoms with Gasteiger partial charge < -0.3 is 20.1 Å². The van der Waals surface area contributed by atoms with Crippen LogP contribution < -0.4 is 4.74 Å². The van der Waals surface area contributed by atoms with Crippen LogP contribution in [0, 0.1) is 0 Å². The lowest BCUT2D eigenvalue weighted by molar-refractivity contribution is 0.309. The third-order valence-electron chi connectivity index (χ3n) is 3.44. The van der Waals surface area contributed by atoms with Crippen molar-refractivity contribution in [2.24, 2.45) is 0 Å².